The average Bonchev–Trinajstić information content (AvgIpc) is 2.48. The first-order valence-electron chi connectivity index (χ1n) is 6.69. The van der Waals surface area contributed by atoms with Crippen LogP contribution in [0.15, 0.2) is 47.4 Å². The van der Waals surface area contributed by atoms with Crippen molar-refractivity contribution < 1.29 is 26.7 Å². The molecule has 24 heavy (non-hydrogen) atoms. The molecule has 2 aromatic rings. The third kappa shape index (κ3) is 4.27. The maximum atomic E-state index is 13.6. The van der Waals surface area contributed by atoms with Gasteiger partial charge in [-0.3, -0.25) is 9.52 Å². The van der Waals surface area contributed by atoms with Gasteiger partial charge in [0.05, 0.1) is 0 Å². The van der Waals surface area contributed by atoms with Gasteiger partial charge in [0.15, 0.2) is 4.90 Å². The van der Waals surface area contributed by atoms with Crippen molar-refractivity contribution in [2.24, 2.45) is 0 Å². The first-order chi connectivity index (χ1) is 11.3. The molecule has 2 N–H and O–H groups in total. The first kappa shape index (κ1) is 17.8. The molecule has 128 valence electrons. The fourth-order valence-corrected chi connectivity index (χ4v) is 3.09. The fourth-order valence-electron chi connectivity index (χ4n) is 1.90. The molecule has 0 saturated heterocycles. The number of carbonyl (C=O) groups is 1. The first-order valence-corrected chi connectivity index (χ1v) is 8.17. The van der Waals surface area contributed by atoms with E-state index in [1.54, 1.807) is 0 Å². The minimum absolute atomic E-state index is 0.0855. The van der Waals surface area contributed by atoms with E-state index in [2.05, 4.69) is 14.8 Å². The maximum Gasteiger partial charge on any atom is 0.267 e. The molecule has 0 fully saturated rings. The van der Waals surface area contributed by atoms with Crippen LogP contribution >= 0.6 is 0 Å². The number of amides is 1. The standard InChI is InChI=1S/C15H14F2N2O4S/c1-23-9-14(20)18-10-5-7-11(8-6-10)19-24(21,22)15-12(16)3-2-4-13(15)17/h2-8,19H,9H2,1H3,(H,18,20). The molecule has 0 bridgehead atoms. The highest BCUT2D eigenvalue weighted by molar-refractivity contribution is 7.92. The van der Waals surface area contributed by atoms with Gasteiger partial charge in [-0.15, -0.1) is 0 Å². The maximum absolute atomic E-state index is 13.6. The number of nitrogens with one attached hydrogen (secondary N) is 2. The van der Waals surface area contributed by atoms with Crippen LogP contribution < -0.4 is 10.0 Å². The summed E-state index contributed by atoms with van der Waals surface area (Å²) in [5.41, 5.74) is 0.500. The highest BCUT2D eigenvalue weighted by atomic mass is 32.2. The molecule has 0 radical (unpaired) electrons. The number of rotatable bonds is 6. The van der Waals surface area contributed by atoms with Crippen LogP contribution in [0, 0.1) is 11.6 Å². The summed E-state index contributed by atoms with van der Waals surface area (Å²) < 4.78 is 58.2. The number of anilines is 2. The number of methoxy groups -OCH3 is 1. The second kappa shape index (κ2) is 7.37. The van der Waals surface area contributed by atoms with E-state index in [4.69, 9.17) is 0 Å². The lowest BCUT2D eigenvalue weighted by Crippen LogP contribution is -2.18. The van der Waals surface area contributed by atoms with Crippen molar-refractivity contribution in [1.29, 1.82) is 0 Å². The summed E-state index contributed by atoms with van der Waals surface area (Å²) in [7, 11) is -3.05. The normalized spacial score (nSPS) is 11.1. The molecule has 0 aliphatic carbocycles. The van der Waals surface area contributed by atoms with Crippen molar-refractivity contribution in [3.05, 3.63) is 54.1 Å². The molecular weight excluding hydrogens is 342 g/mol. The minimum Gasteiger partial charge on any atom is -0.375 e. The molecule has 0 unspecified atom stereocenters. The minimum atomic E-state index is -4.43. The van der Waals surface area contributed by atoms with Crippen LogP contribution in [-0.2, 0) is 19.6 Å². The van der Waals surface area contributed by atoms with Crippen LogP contribution in [0.5, 0.6) is 0 Å². The van der Waals surface area contributed by atoms with Crippen LogP contribution in [-0.4, -0.2) is 28.0 Å². The molecular formula is C15H14F2N2O4S. The molecule has 0 aliphatic rings. The molecule has 0 atom stereocenters. The predicted molar refractivity (Wildman–Crippen MR) is 84.1 cm³/mol. The van der Waals surface area contributed by atoms with Gasteiger partial charge in [-0.2, -0.15) is 0 Å². The predicted octanol–water partition coefficient (Wildman–Crippen LogP) is 2.35. The van der Waals surface area contributed by atoms with E-state index in [0.717, 1.165) is 18.2 Å². The Morgan fingerprint density at radius 1 is 1.04 bits per heavy atom. The Kier molecular flexibility index (Phi) is 5.47. The van der Waals surface area contributed by atoms with Crippen molar-refractivity contribution in [3.63, 3.8) is 0 Å². The largest absolute Gasteiger partial charge is 0.375 e. The number of carbonyl (C=O) groups excluding carboxylic acids is 1. The van der Waals surface area contributed by atoms with Crippen LogP contribution in [0.4, 0.5) is 20.2 Å². The Morgan fingerprint density at radius 3 is 2.12 bits per heavy atom. The van der Waals surface area contributed by atoms with Crippen molar-refractivity contribution in [1.82, 2.24) is 0 Å². The smallest absolute Gasteiger partial charge is 0.267 e. The van der Waals surface area contributed by atoms with E-state index >= 15 is 0 Å². The Morgan fingerprint density at radius 2 is 1.58 bits per heavy atom. The number of sulfonamides is 1. The Labute approximate surface area is 137 Å². The SMILES string of the molecule is COCC(=O)Nc1ccc(NS(=O)(=O)c2c(F)cccc2F)cc1. The van der Waals surface area contributed by atoms with E-state index in [1.807, 2.05) is 0 Å². The number of benzene rings is 2. The summed E-state index contributed by atoms with van der Waals surface area (Å²) in [4.78, 5) is 10.3. The van der Waals surface area contributed by atoms with Gasteiger partial charge in [0.1, 0.15) is 18.2 Å². The lowest BCUT2D eigenvalue weighted by molar-refractivity contribution is -0.119. The molecule has 2 rings (SSSR count). The number of halogens is 2. The molecule has 0 heterocycles. The molecule has 0 spiro atoms. The monoisotopic (exact) mass is 356 g/mol. The van der Waals surface area contributed by atoms with E-state index < -0.39 is 26.6 Å². The summed E-state index contributed by atoms with van der Waals surface area (Å²) in [6, 6.07) is 8.34. The van der Waals surface area contributed by atoms with Gasteiger partial charge in [0, 0.05) is 18.5 Å². The fraction of sp³-hybridized carbons (Fsp3) is 0.133. The van der Waals surface area contributed by atoms with Gasteiger partial charge >= 0.3 is 0 Å². The molecule has 0 aliphatic heterocycles. The van der Waals surface area contributed by atoms with E-state index in [0.29, 0.717) is 5.69 Å². The van der Waals surface area contributed by atoms with Crippen LogP contribution in [0.25, 0.3) is 0 Å². The summed E-state index contributed by atoms with van der Waals surface area (Å²) >= 11 is 0. The lowest BCUT2D eigenvalue weighted by atomic mass is 10.3. The zero-order valence-electron chi connectivity index (χ0n) is 12.5. The summed E-state index contributed by atoms with van der Waals surface area (Å²) in [5, 5.41) is 2.52. The molecule has 9 heteroatoms. The van der Waals surface area contributed by atoms with Crippen LogP contribution in [0.1, 0.15) is 0 Å². The third-order valence-corrected chi connectivity index (χ3v) is 4.32. The molecule has 6 nitrogen and oxygen atoms in total. The van der Waals surface area contributed by atoms with Crippen molar-refractivity contribution in [3.8, 4) is 0 Å². The topological polar surface area (TPSA) is 84.5 Å². The van der Waals surface area contributed by atoms with E-state index in [9.17, 15) is 22.0 Å². The zero-order valence-corrected chi connectivity index (χ0v) is 13.4. The Balaban J connectivity index is 2.17. The number of hydrogen-bond acceptors (Lipinski definition) is 4. The number of ether oxygens (including phenoxy) is 1. The zero-order chi connectivity index (χ0) is 17.7. The summed E-state index contributed by atoms with van der Waals surface area (Å²) in [5.74, 6) is -2.75. The lowest BCUT2D eigenvalue weighted by Gasteiger charge is -2.10. The van der Waals surface area contributed by atoms with Crippen LogP contribution in [0.3, 0.4) is 0 Å². The third-order valence-electron chi connectivity index (χ3n) is 2.88. The highest BCUT2D eigenvalue weighted by Crippen LogP contribution is 2.22. The molecule has 0 aromatic heterocycles. The number of hydrogen-bond donors (Lipinski definition) is 2. The van der Waals surface area contributed by atoms with Crippen molar-refractivity contribution in [2.45, 2.75) is 4.90 Å². The highest BCUT2D eigenvalue weighted by Gasteiger charge is 2.23. The van der Waals surface area contributed by atoms with E-state index in [1.165, 1.54) is 31.4 Å². The van der Waals surface area contributed by atoms with Gasteiger partial charge in [-0.25, -0.2) is 17.2 Å². The van der Waals surface area contributed by atoms with Crippen molar-refractivity contribution >= 4 is 27.3 Å². The molecule has 1 amide bonds. The quantitative estimate of drug-likeness (QED) is 0.832. The van der Waals surface area contributed by atoms with Gasteiger partial charge < -0.3 is 10.1 Å². The van der Waals surface area contributed by atoms with Crippen LogP contribution in [0.2, 0.25) is 0 Å². The second-order valence-corrected chi connectivity index (χ2v) is 6.33. The average molecular weight is 356 g/mol. The summed E-state index contributed by atoms with van der Waals surface area (Å²) in [6.45, 7) is -0.124. The Bertz CT molecular complexity index is 819. The van der Waals surface area contributed by atoms with Gasteiger partial charge in [-0.05, 0) is 36.4 Å². The molecule has 2 aromatic carbocycles. The Hall–Kier alpha value is -2.52. The molecule has 0 saturated carbocycles. The summed E-state index contributed by atoms with van der Waals surface area (Å²) in [6.07, 6.45) is 0. The van der Waals surface area contributed by atoms with Gasteiger partial charge in [0.2, 0.25) is 5.91 Å². The van der Waals surface area contributed by atoms with Gasteiger partial charge in [-0.1, -0.05) is 6.07 Å². The van der Waals surface area contributed by atoms with Gasteiger partial charge in [0.25, 0.3) is 10.0 Å². The second-order valence-electron chi connectivity index (χ2n) is 4.71. The van der Waals surface area contributed by atoms with Crippen molar-refractivity contribution in [2.75, 3.05) is 23.8 Å². The van der Waals surface area contributed by atoms with E-state index in [-0.39, 0.29) is 18.2 Å².